The van der Waals surface area contributed by atoms with E-state index in [1.54, 1.807) is 0 Å². The number of thioether (sulfide) groups is 1. The van der Waals surface area contributed by atoms with E-state index in [-0.39, 0.29) is 0 Å². The molecule has 5 atom stereocenters. The van der Waals surface area contributed by atoms with Crippen molar-refractivity contribution in [3.63, 3.8) is 0 Å². The summed E-state index contributed by atoms with van der Waals surface area (Å²) < 4.78 is 5.42. The first kappa shape index (κ1) is 17.2. The summed E-state index contributed by atoms with van der Waals surface area (Å²) in [4.78, 5) is 0. The molecule has 1 fully saturated rings. The number of hydrogen-bond donors (Lipinski definition) is 4. The topological polar surface area (TPSA) is 90.2 Å². The van der Waals surface area contributed by atoms with E-state index >= 15 is 0 Å². The van der Waals surface area contributed by atoms with Crippen molar-refractivity contribution >= 4 is 11.8 Å². The summed E-state index contributed by atoms with van der Waals surface area (Å²) in [5.41, 5.74) is -0.521. The molecule has 1 saturated heterocycles. The Kier molecular flexibility index (Phi) is 8.29. The first-order valence-corrected chi connectivity index (χ1v) is 8.08. The van der Waals surface area contributed by atoms with Crippen molar-refractivity contribution in [1.82, 2.24) is 0 Å². The molecule has 1 heterocycles. The van der Waals surface area contributed by atoms with Gasteiger partial charge in [0.2, 0.25) is 0 Å². The van der Waals surface area contributed by atoms with Gasteiger partial charge in [-0.3, -0.25) is 0 Å². The van der Waals surface area contributed by atoms with Gasteiger partial charge < -0.3 is 25.2 Å². The van der Waals surface area contributed by atoms with E-state index in [4.69, 9.17) is 9.84 Å². The van der Waals surface area contributed by atoms with Gasteiger partial charge in [0, 0.05) is 0 Å². The number of hydrogen-bond acceptors (Lipinski definition) is 6. The van der Waals surface area contributed by atoms with E-state index in [2.05, 4.69) is 6.92 Å². The Morgan fingerprint density at radius 2 is 1.79 bits per heavy atom. The van der Waals surface area contributed by atoms with Crippen LogP contribution in [-0.2, 0) is 4.74 Å². The van der Waals surface area contributed by atoms with Crippen LogP contribution in [0.1, 0.15) is 39.0 Å². The highest BCUT2D eigenvalue weighted by atomic mass is 32.2. The minimum atomic E-state index is -1.15. The van der Waals surface area contributed by atoms with Crippen molar-refractivity contribution in [3.8, 4) is 0 Å². The average molecular weight is 294 g/mol. The third-order valence-corrected chi connectivity index (χ3v) is 4.60. The summed E-state index contributed by atoms with van der Waals surface area (Å²) in [6.45, 7) is 1.69. The lowest BCUT2D eigenvalue weighted by atomic mass is 10.1. The Hall–Kier alpha value is 0.150. The normalized spacial score (nSPS) is 32.7. The van der Waals surface area contributed by atoms with Gasteiger partial charge in [0.15, 0.2) is 0 Å². The van der Waals surface area contributed by atoms with Gasteiger partial charge in [-0.15, -0.1) is 11.8 Å². The smallest absolute Gasteiger partial charge is 0.132 e. The molecule has 4 N–H and O–H groups in total. The van der Waals surface area contributed by atoms with Crippen LogP contribution in [0.5, 0.6) is 0 Å². The molecule has 0 amide bonds. The molecule has 1 aliphatic heterocycles. The van der Waals surface area contributed by atoms with Gasteiger partial charge in [-0.2, -0.15) is 0 Å². The Labute approximate surface area is 119 Å². The first-order valence-electron chi connectivity index (χ1n) is 7.04. The number of rotatable bonds is 9. The zero-order valence-corrected chi connectivity index (χ0v) is 12.3. The number of ether oxygens (including phenoxy) is 1. The highest BCUT2D eigenvalue weighted by Crippen LogP contribution is 2.31. The van der Waals surface area contributed by atoms with Crippen LogP contribution in [0, 0.1) is 0 Å². The van der Waals surface area contributed by atoms with Crippen LogP contribution in [0.2, 0.25) is 0 Å². The van der Waals surface area contributed by atoms with Crippen molar-refractivity contribution in [2.75, 3.05) is 12.4 Å². The summed E-state index contributed by atoms with van der Waals surface area (Å²) in [5.74, 6) is 0.861. The molecule has 0 aromatic heterocycles. The van der Waals surface area contributed by atoms with Gasteiger partial charge in [-0.25, -0.2) is 0 Å². The molecule has 0 saturated carbocycles. The molecular formula is C13H26O5S. The van der Waals surface area contributed by atoms with Crippen LogP contribution in [0.3, 0.4) is 0 Å². The summed E-state index contributed by atoms with van der Waals surface area (Å²) in [6.07, 6.45) is 1.69. The molecule has 6 heteroatoms. The fraction of sp³-hybridized carbons (Fsp3) is 1.00. The third-order valence-electron chi connectivity index (χ3n) is 3.35. The Balaban J connectivity index is 2.23. The van der Waals surface area contributed by atoms with Crippen molar-refractivity contribution in [3.05, 3.63) is 0 Å². The Morgan fingerprint density at radius 1 is 1.11 bits per heavy atom. The fourth-order valence-corrected chi connectivity index (χ4v) is 3.30. The molecule has 114 valence electrons. The van der Waals surface area contributed by atoms with E-state index < -0.39 is 36.5 Å². The van der Waals surface area contributed by atoms with Gasteiger partial charge in [0.1, 0.15) is 29.9 Å². The number of unbranched alkanes of at least 4 members (excludes halogenated alkanes) is 4. The second-order valence-corrected chi connectivity index (χ2v) is 6.19. The molecule has 5 unspecified atom stereocenters. The third kappa shape index (κ3) is 5.21. The van der Waals surface area contributed by atoms with Gasteiger partial charge in [-0.05, 0) is 12.2 Å². The molecule has 0 aromatic carbocycles. The second kappa shape index (κ2) is 9.15. The number of aliphatic hydroxyl groups excluding tert-OH is 4. The van der Waals surface area contributed by atoms with E-state index in [1.807, 2.05) is 0 Å². The largest absolute Gasteiger partial charge is 0.394 e. The van der Waals surface area contributed by atoms with Crippen molar-refractivity contribution < 1.29 is 25.2 Å². The van der Waals surface area contributed by atoms with Gasteiger partial charge in [-0.1, -0.05) is 32.6 Å². The molecule has 1 rings (SSSR count). The molecule has 0 aromatic rings. The molecule has 0 aliphatic carbocycles. The maximum atomic E-state index is 9.82. The first-order chi connectivity index (χ1) is 9.11. The highest BCUT2D eigenvalue weighted by Gasteiger charge is 2.45. The molecule has 0 bridgehead atoms. The second-order valence-electron chi connectivity index (χ2n) is 4.99. The van der Waals surface area contributed by atoms with Crippen LogP contribution in [0.15, 0.2) is 0 Å². The van der Waals surface area contributed by atoms with Gasteiger partial charge in [0.05, 0.1) is 6.61 Å². The summed E-state index contributed by atoms with van der Waals surface area (Å²) in [5, 5.41) is 37.9. The van der Waals surface area contributed by atoms with Gasteiger partial charge >= 0.3 is 0 Å². The van der Waals surface area contributed by atoms with Gasteiger partial charge in [0.25, 0.3) is 0 Å². The molecule has 19 heavy (non-hydrogen) atoms. The van der Waals surface area contributed by atoms with Crippen LogP contribution >= 0.6 is 11.8 Å². The van der Waals surface area contributed by atoms with E-state index in [0.717, 1.165) is 18.6 Å². The quantitative estimate of drug-likeness (QED) is 0.463. The average Bonchev–Trinajstić information content (AvgIpc) is 2.70. The lowest BCUT2D eigenvalue weighted by Crippen LogP contribution is -2.40. The van der Waals surface area contributed by atoms with Crippen LogP contribution in [0.4, 0.5) is 0 Å². The van der Waals surface area contributed by atoms with Crippen molar-refractivity contribution in [1.29, 1.82) is 0 Å². The maximum absolute atomic E-state index is 9.82. The van der Waals surface area contributed by atoms with E-state index in [1.165, 1.54) is 31.0 Å². The van der Waals surface area contributed by atoms with Crippen molar-refractivity contribution in [2.45, 2.75) is 68.9 Å². The lowest BCUT2D eigenvalue weighted by molar-refractivity contribution is -0.0713. The molecule has 0 radical (unpaired) electrons. The fourth-order valence-electron chi connectivity index (χ4n) is 2.14. The molecule has 0 spiro atoms. The standard InChI is InChI=1S/C13H26O5S/c1-2-3-4-5-6-7-19-13-11(17)10(16)12(18-13)9(15)8-14/h9-17H,2-8H2,1H3. The minimum absolute atomic E-state index is 0.483. The van der Waals surface area contributed by atoms with Crippen molar-refractivity contribution in [2.24, 2.45) is 0 Å². The highest BCUT2D eigenvalue weighted by molar-refractivity contribution is 7.99. The Morgan fingerprint density at radius 3 is 2.42 bits per heavy atom. The maximum Gasteiger partial charge on any atom is 0.132 e. The molecule has 5 nitrogen and oxygen atoms in total. The van der Waals surface area contributed by atoms with Crippen LogP contribution < -0.4 is 0 Å². The van der Waals surface area contributed by atoms with Crippen LogP contribution in [-0.4, -0.2) is 62.6 Å². The Bertz CT molecular complexity index is 241. The summed E-state index contributed by atoms with van der Waals surface area (Å²) in [7, 11) is 0. The zero-order chi connectivity index (χ0) is 14.3. The lowest BCUT2D eigenvalue weighted by Gasteiger charge is -2.18. The van der Waals surface area contributed by atoms with Crippen LogP contribution in [0.25, 0.3) is 0 Å². The molecular weight excluding hydrogens is 268 g/mol. The SMILES string of the molecule is CCCCCCCSC1OC(C(O)CO)C(O)C1O. The molecule has 1 aliphatic rings. The predicted molar refractivity (Wildman–Crippen MR) is 75.0 cm³/mol. The van der Waals surface area contributed by atoms with E-state index in [9.17, 15) is 15.3 Å². The van der Waals surface area contributed by atoms with E-state index in [0.29, 0.717) is 0 Å². The summed E-state index contributed by atoms with van der Waals surface area (Å²) in [6, 6.07) is 0. The number of aliphatic hydroxyl groups is 4. The summed E-state index contributed by atoms with van der Waals surface area (Å²) >= 11 is 1.46. The predicted octanol–water partition coefficient (Wildman–Crippen LogP) is 0.490. The zero-order valence-electron chi connectivity index (χ0n) is 11.4. The minimum Gasteiger partial charge on any atom is -0.394 e. The monoisotopic (exact) mass is 294 g/mol.